The summed E-state index contributed by atoms with van der Waals surface area (Å²) in [5.41, 5.74) is 6.31. The molecular formula is C16H19N3O3. The molecule has 0 aliphatic heterocycles. The van der Waals surface area contributed by atoms with Gasteiger partial charge in [-0.2, -0.15) is 0 Å². The highest BCUT2D eigenvalue weighted by Crippen LogP contribution is 2.12. The molecule has 6 heteroatoms. The van der Waals surface area contributed by atoms with E-state index in [2.05, 4.69) is 17.8 Å². The summed E-state index contributed by atoms with van der Waals surface area (Å²) in [5, 5.41) is 0. The Labute approximate surface area is 129 Å². The predicted octanol–water partition coefficient (Wildman–Crippen LogP) is 1.43. The summed E-state index contributed by atoms with van der Waals surface area (Å²) in [6.07, 6.45) is 2.70. The number of amides is 2. The van der Waals surface area contributed by atoms with Crippen LogP contribution in [0.25, 0.3) is 0 Å². The second-order valence-electron chi connectivity index (χ2n) is 4.79. The lowest BCUT2D eigenvalue weighted by molar-refractivity contribution is -0.123. The number of ether oxygens (including phenoxy) is 1. The smallest absolute Gasteiger partial charge is 0.286 e. The van der Waals surface area contributed by atoms with E-state index in [0.29, 0.717) is 11.4 Å². The van der Waals surface area contributed by atoms with E-state index < -0.39 is 5.91 Å². The maximum absolute atomic E-state index is 11.8. The Morgan fingerprint density at radius 1 is 1.14 bits per heavy atom. The van der Waals surface area contributed by atoms with E-state index in [4.69, 9.17) is 4.74 Å². The Kier molecular flexibility index (Phi) is 5.19. The van der Waals surface area contributed by atoms with Crippen molar-refractivity contribution in [2.45, 2.75) is 13.3 Å². The predicted molar refractivity (Wildman–Crippen MR) is 82.3 cm³/mol. The quantitative estimate of drug-likeness (QED) is 0.821. The molecule has 0 atom stereocenters. The Balaban J connectivity index is 1.76. The number of hydrogen-bond acceptors (Lipinski definition) is 3. The zero-order chi connectivity index (χ0) is 15.9. The first-order valence-corrected chi connectivity index (χ1v) is 7.02. The van der Waals surface area contributed by atoms with Gasteiger partial charge in [-0.25, -0.2) is 0 Å². The third kappa shape index (κ3) is 4.12. The molecule has 6 nitrogen and oxygen atoms in total. The molecule has 2 N–H and O–H groups in total. The minimum Gasteiger partial charge on any atom is -0.484 e. The van der Waals surface area contributed by atoms with Crippen molar-refractivity contribution in [3.8, 4) is 5.75 Å². The summed E-state index contributed by atoms with van der Waals surface area (Å²) < 4.78 is 7.01. The molecular weight excluding hydrogens is 282 g/mol. The molecule has 1 heterocycles. The van der Waals surface area contributed by atoms with Crippen molar-refractivity contribution in [2.75, 3.05) is 6.61 Å². The van der Waals surface area contributed by atoms with E-state index in [9.17, 15) is 9.59 Å². The van der Waals surface area contributed by atoms with Crippen LogP contribution in [0.1, 0.15) is 23.0 Å². The van der Waals surface area contributed by atoms with Crippen LogP contribution < -0.4 is 15.6 Å². The first-order chi connectivity index (χ1) is 10.6. The molecule has 0 aliphatic carbocycles. The van der Waals surface area contributed by atoms with Gasteiger partial charge in [0.2, 0.25) is 0 Å². The molecule has 0 spiro atoms. The van der Waals surface area contributed by atoms with E-state index in [0.717, 1.165) is 6.42 Å². The number of aryl methyl sites for hydroxylation is 2. The summed E-state index contributed by atoms with van der Waals surface area (Å²) in [5.74, 6) is -0.198. The van der Waals surface area contributed by atoms with Crippen LogP contribution in [-0.2, 0) is 18.3 Å². The minimum atomic E-state index is -0.429. The van der Waals surface area contributed by atoms with Crippen molar-refractivity contribution in [3.05, 3.63) is 53.9 Å². The van der Waals surface area contributed by atoms with E-state index >= 15 is 0 Å². The lowest BCUT2D eigenvalue weighted by Gasteiger charge is -2.09. The standard InChI is InChI=1S/C16H19N3O3/c1-3-12-6-8-13(9-7-12)22-11-15(20)17-18-16(21)14-5-4-10-19(14)2/h4-10H,3,11H2,1-2H3,(H,17,20)(H,18,21). The average Bonchev–Trinajstić information content (AvgIpc) is 2.97. The summed E-state index contributed by atoms with van der Waals surface area (Å²) >= 11 is 0. The number of hydrogen-bond donors (Lipinski definition) is 2. The summed E-state index contributed by atoms with van der Waals surface area (Å²) in [6, 6.07) is 10.9. The molecule has 2 rings (SSSR count). The normalized spacial score (nSPS) is 10.1. The number of carbonyl (C=O) groups is 2. The third-order valence-electron chi connectivity index (χ3n) is 3.19. The van der Waals surface area contributed by atoms with Crippen LogP contribution in [0.15, 0.2) is 42.6 Å². The molecule has 116 valence electrons. The van der Waals surface area contributed by atoms with Crippen molar-refractivity contribution < 1.29 is 14.3 Å². The van der Waals surface area contributed by atoms with E-state index in [1.807, 2.05) is 24.3 Å². The fourth-order valence-electron chi connectivity index (χ4n) is 1.89. The fraction of sp³-hybridized carbons (Fsp3) is 0.250. The molecule has 1 aromatic heterocycles. The summed E-state index contributed by atoms with van der Waals surface area (Å²) in [4.78, 5) is 23.4. The van der Waals surface area contributed by atoms with Gasteiger partial charge < -0.3 is 9.30 Å². The lowest BCUT2D eigenvalue weighted by Crippen LogP contribution is -2.44. The third-order valence-corrected chi connectivity index (χ3v) is 3.19. The van der Waals surface area contributed by atoms with Gasteiger partial charge in [-0.1, -0.05) is 19.1 Å². The second-order valence-corrected chi connectivity index (χ2v) is 4.79. The SMILES string of the molecule is CCc1ccc(OCC(=O)NNC(=O)c2cccn2C)cc1. The number of hydrazine groups is 1. The second kappa shape index (κ2) is 7.31. The highest BCUT2D eigenvalue weighted by atomic mass is 16.5. The highest BCUT2D eigenvalue weighted by molar-refractivity contribution is 5.94. The number of nitrogens with zero attached hydrogens (tertiary/aromatic N) is 1. The van der Waals surface area contributed by atoms with Crippen molar-refractivity contribution >= 4 is 11.8 Å². The van der Waals surface area contributed by atoms with Crippen LogP contribution in [0.5, 0.6) is 5.75 Å². The molecule has 1 aromatic carbocycles. The van der Waals surface area contributed by atoms with Crippen molar-refractivity contribution in [3.63, 3.8) is 0 Å². The van der Waals surface area contributed by atoms with Gasteiger partial charge in [0.05, 0.1) is 0 Å². The van der Waals surface area contributed by atoms with Gasteiger partial charge in [0.25, 0.3) is 11.8 Å². The molecule has 0 unspecified atom stereocenters. The van der Waals surface area contributed by atoms with E-state index in [1.54, 1.807) is 29.9 Å². The summed E-state index contributed by atoms with van der Waals surface area (Å²) in [7, 11) is 1.75. The number of aromatic nitrogens is 1. The number of benzene rings is 1. The van der Waals surface area contributed by atoms with Crippen molar-refractivity contribution in [2.24, 2.45) is 7.05 Å². The molecule has 0 fully saturated rings. The maximum Gasteiger partial charge on any atom is 0.286 e. The molecule has 0 radical (unpaired) electrons. The topological polar surface area (TPSA) is 72.4 Å². The van der Waals surface area contributed by atoms with Gasteiger partial charge in [0.15, 0.2) is 6.61 Å². The maximum atomic E-state index is 11.8. The Morgan fingerprint density at radius 2 is 1.86 bits per heavy atom. The first kappa shape index (κ1) is 15.6. The fourth-order valence-corrected chi connectivity index (χ4v) is 1.89. The van der Waals surface area contributed by atoms with Gasteiger partial charge in [0, 0.05) is 13.2 Å². The number of rotatable bonds is 5. The van der Waals surface area contributed by atoms with Crippen molar-refractivity contribution in [1.29, 1.82) is 0 Å². The van der Waals surface area contributed by atoms with Gasteiger partial charge in [-0.15, -0.1) is 0 Å². The minimum absolute atomic E-state index is 0.168. The van der Waals surface area contributed by atoms with Gasteiger partial charge in [-0.05, 0) is 36.2 Å². The number of nitrogens with one attached hydrogen (secondary N) is 2. The Hall–Kier alpha value is -2.76. The molecule has 0 saturated heterocycles. The molecule has 0 bridgehead atoms. The molecule has 22 heavy (non-hydrogen) atoms. The van der Waals surface area contributed by atoms with Crippen LogP contribution >= 0.6 is 0 Å². The summed E-state index contributed by atoms with van der Waals surface area (Å²) in [6.45, 7) is 1.90. The van der Waals surface area contributed by atoms with Crippen LogP contribution in [0.3, 0.4) is 0 Å². The zero-order valence-corrected chi connectivity index (χ0v) is 12.6. The molecule has 0 saturated carbocycles. The van der Waals surface area contributed by atoms with E-state index in [1.165, 1.54) is 5.56 Å². The van der Waals surface area contributed by atoms with Crippen molar-refractivity contribution in [1.82, 2.24) is 15.4 Å². The Bertz CT molecular complexity index is 647. The van der Waals surface area contributed by atoms with Crippen LogP contribution in [0.2, 0.25) is 0 Å². The zero-order valence-electron chi connectivity index (χ0n) is 12.6. The Morgan fingerprint density at radius 3 is 2.45 bits per heavy atom. The first-order valence-electron chi connectivity index (χ1n) is 7.02. The lowest BCUT2D eigenvalue weighted by atomic mass is 10.2. The van der Waals surface area contributed by atoms with Crippen LogP contribution in [0.4, 0.5) is 0 Å². The number of carbonyl (C=O) groups excluding carboxylic acids is 2. The van der Waals surface area contributed by atoms with Crippen LogP contribution in [-0.4, -0.2) is 23.0 Å². The molecule has 2 aromatic rings. The largest absolute Gasteiger partial charge is 0.484 e. The molecule has 0 aliphatic rings. The highest BCUT2D eigenvalue weighted by Gasteiger charge is 2.10. The van der Waals surface area contributed by atoms with Gasteiger partial charge in [0.1, 0.15) is 11.4 Å². The van der Waals surface area contributed by atoms with Gasteiger partial charge in [-0.3, -0.25) is 20.4 Å². The van der Waals surface area contributed by atoms with Gasteiger partial charge >= 0.3 is 0 Å². The average molecular weight is 301 g/mol. The monoisotopic (exact) mass is 301 g/mol. The van der Waals surface area contributed by atoms with Crippen LogP contribution in [0, 0.1) is 0 Å². The molecule has 2 amide bonds. The van der Waals surface area contributed by atoms with E-state index in [-0.39, 0.29) is 12.5 Å².